The molecule has 0 spiro atoms. The highest BCUT2D eigenvalue weighted by Gasteiger charge is 2.37. The van der Waals surface area contributed by atoms with E-state index in [1.54, 1.807) is 18.2 Å². The van der Waals surface area contributed by atoms with E-state index < -0.39 is 22.8 Å². The first-order valence-electron chi connectivity index (χ1n) is 8.61. The van der Waals surface area contributed by atoms with Gasteiger partial charge in [-0.15, -0.1) is 0 Å². The van der Waals surface area contributed by atoms with Crippen LogP contribution in [0.3, 0.4) is 0 Å². The van der Waals surface area contributed by atoms with Crippen molar-refractivity contribution in [3.63, 3.8) is 0 Å². The van der Waals surface area contributed by atoms with Gasteiger partial charge in [-0.25, -0.2) is 9.69 Å². The molecule has 0 saturated carbocycles. The van der Waals surface area contributed by atoms with Gasteiger partial charge in [0.15, 0.2) is 0 Å². The molecule has 2 aromatic rings. The Morgan fingerprint density at radius 2 is 1.84 bits per heavy atom. The number of imide groups is 2. The number of benzene rings is 2. The van der Waals surface area contributed by atoms with Crippen LogP contribution in [0.1, 0.15) is 5.56 Å². The van der Waals surface area contributed by atoms with Crippen LogP contribution in [0.2, 0.25) is 0 Å². The normalized spacial score (nSPS) is 15.1. The van der Waals surface area contributed by atoms with Gasteiger partial charge < -0.3 is 4.74 Å². The fourth-order valence-corrected chi connectivity index (χ4v) is 4.20. The Bertz CT molecular complexity index is 1140. The number of rotatable bonds is 6. The molecular formula is C20H13Br2N3O6. The molecule has 1 fully saturated rings. The molecule has 0 bridgehead atoms. The Hall–Kier alpha value is -3.31. The van der Waals surface area contributed by atoms with E-state index >= 15 is 0 Å². The summed E-state index contributed by atoms with van der Waals surface area (Å²) < 4.78 is 6.66. The predicted molar refractivity (Wildman–Crippen MR) is 120 cm³/mol. The van der Waals surface area contributed by atoms with E-state index in [4.69, 9.17) is 4.74 Å². The number of halogens is 2. The second-order valence-electron chi connectivity index (χ2n) is 6.15. The summed E-state index contributed by atoms with van der Waals surface area (Å²) >= 11 is 6.74. The lowest BCUT2D eigenvalue weighted by molar-refractivity contribution is -0.384. The van der Waals surface area contributed by atoms with Crippen LogP contribution in [0.15, 0.2) is 63.6 Å². The number of nitro benzene ring substituents is 1. The SMILES string of the molecule is C=CCOc1c(Br)cc(/C=C2\C(=O)NC(=O)N(c3cccc([N+](=O)[O-])c3)C2=O)cc1Br. The number of nitrogens with one attached hydrogen (secondary N) is 1. The molecule has 0 aromatic heterocycles. The maximum absolute atomic E-state index is 13.0. The van der Waals surface area contributed by atoms with Crippen molar-refractivity contribution in [3.8, 4) is 5.75 Å². The first-order valence-corrected chi connectivity index (χ1v) is 10.2. The number of hydrogen-bond acceptors (Lipinski definition) is 6. The first-order chi connectivity index (χ1) is 14.7. The minimum Gasteiger partial charge on any atom is -0.487 e. The summed E-state index contributed by atoms with van der Waals surface area (Å²) in [5.74, 6) is -1.28. The molecule has 31 heavy (non-hydrogen) atoms. The van der Waals surface area contributed by atoms with Gasteiger partial charge in [0.05, 0.1) is 19.6 Å². The highest BCUT2D eigenvalue weighted by atomic mass is 79.9. The first kappa shape index (κ1) is 22.4. The van der Waals surface area contributed by atoms with Crippen molar-refractivity contribution in [1.82, 2.24) is 5.32 Å². The monoisotopic (exact) mass is 549 g/mol. The van der Waals surface area contributed by atoms with E-state index in [9.17, 15) is 24.5 Å². The number of non-ortho nitro benzene ring substituents is 1. The molecular weight excluding hydrogens is 538 g/mol. The van der Waals surface area contributed by atoms with Crippen LogP contribution >= 0.6 is 31.9 Å². The Kier molecular flexibility index (Phi) is 6.66. The average Bonchev–Trinajstić information content (AvgIpc) is 2.70. The van der Waals surface area contributed by atoms with Crippen LogP contribution in [0.4, 0.5) is 16.2 Å². The molecule has 1 N–H and O–H groups in total. The molecule has 4 amide bonds. The largest absolute Gasteiger partial charge is 0.487 e. The third-order valence-electron chi connectivity index (χ3n) is 4.08. The van der Waals surface area contributed by atoms with Crippen LogP contribution in [0, 0.1) is 10.1 Å². The molecule has 11 heteroatoms. The number of anilines is 1. The minimum atomic E-state index is -0.997. The van der Waals surface area contributed by atoms with Gasteiger partial charge >= 0.3 is 6.03 Å². The van der Waals surface area contributed by atoms with Crippen molar-refractivity contribution in [1.29, 1.82) is 0 Å². The number of nitrogens with zero attached hydrogens (tertiary/aromatic N) is 2. The van der Waals surface area contributed by atoms with Crippen molar-refractivity contribution in [3.05, 3.63) is 79.2 Å². The highest BCUT2D eigenvalue weighted by Crippen LogP contribution is 2.36. The molecule has 1 aliphatic rings. The van der Waals surface area contributed by atoms with E-state index in [-0.39, 0.29) is 23.6 Å². The number of carbonyl (C=O) groups excluding carboxylic acids is 3. The average molecular weight is 551 g/mol. The minimum absolute atomic E-state index is 0.0364. The van der Waals surface area contributed by atoms with Crippen molar-refractivity contribution < 1.29 is 24.0 Å². The Morgan fingerprint density at radius 1 is 1.16 bits per heavy atom. The highest BCUT2D eigenvalue weighted by molar-refractivity contribution is 9.11. The maximum Gasteiger partial charge on any atom is 0.335 e. The fourth-order valence-electron chi connectivity index (χ4n) is 2.75. The molecule has 0 radical (unpaired) electrons. The summed E-state index contributed by atoms with van der Waals surface area (Å²) in [4.78, 5) is 48.6. The maximum atomic E-state index is 13.0. The second-order valence-corrected chi connectivity index (χ2v) is 7.86. The van der Waals surface area contributed by atoms with Gasteiger partial charge in [-0.3, -0.25) is 25.0 Å². The number of hydrogen-bond donors (Lipinski definition) is 1. The quantitative estimate of drug-likeness (QED) is 0.188. The van der Waals surface area contributed by atoms with Crippen LogP contribution in [0.5, 0.6) is 5.75 Å². The lowest BCUT2D eigenvalue weighted by atomic mass is 10.1. The lowest BCUT2D eigenvalue weighted by Gasteiger charge is -2.26. The van der Waals surface area contributed by atoms with E-state index in [1.807, 2.05) is 0 Å². The van der Waals surface area contributed by atoms with Gasteiger partial charge in [0.25, 0.3) is 17.5 Å². The Balaban J connectivity index is 2.00. The summed E-state index contributed by atoms with van der Waals surface area (Å²) in [5.41, 5.74) is -0.185. The van der Waals surface area contributed by atoms with Gasteiger partial charge in [-0.2, -0.15) is 0 Å². The topological polar surface area (TPSA) is 119 Å². The van der Waals surface area contributed by atoms with Crippen molar-refractivity contribution in [2.24, 2.45) is 0 Å². The molecule has 9 nitrogen and oxygen atoms in total. The van der Waals surface area contributed by atoms with Gasteiger partial charge in [-0.05, 0) is 61.7 Å². The van der Waals surface area contributed by atoms with E-state index in [0.717, 1.165) is 6.07 Å². The molecule has 158 valence electrons. The predicted octanol–water partition coefficient (Wildman–Crippen LogP) is 4.35. The standard InChI is InChI=1S/C20H13Br2N3O6/c1-2-6-31-17-15(21)8-11(9-16(17)22)7-14-18(26)23-20(28)24(19(14)27)12-4-3-5-13(10-12)25(29)30/h2-5,7-10H,1,6H2,(H,23,26,28)/b14-7+. The molecule has 1 heterocycles. The summed E-state index contributed by atoms with van der Waals surface area (Å²) in [5, 5.41) is 13.1. The Morgan fingerprint density at radius 3 is 2.45 bits per heavy atom. The molecule has 0 aliphatic carbocycles. The van der Waals surface area contributed by atoms with Gasteiger partial charge in [0.1, 0.15) is 17.9 Å². The number of barbiturate groups is 1. The number of urea groups is 1. The number of amides is 4. The third-order valence-corrected chi connectivity index (χ3v) is 5.26. The number of nitro groups is 1. The van der Waals surface area contributed by atoms with Gasteiger partial charge in [0.2, 0.25) is 0 Å². The second kappa shape index (κ2) is 9.23. The van der Waals surface area contributed by atoms with Crippen molar-refractivity contribution >= 4 is 67.2 Å². The lowest BCUT2D eigenvalue weighted by Crippen LogP contribution is -2.54. The van der Waals surface area contributed by atoms with E-state index in [0.29, 0.717) is 25.2 Å². The zero-order chi connectivity index (χ0) is 22.7. The molecule has 2 aromatic carbocycles. The summed E-state index contributed by atoms with van der Waals surface area (Å²) in [6.45, 7) is 3.86. The van der Waals surface area contributed by atoms with Crippen LogP contribution in [-0.2, 0) is 9.59 Å². The fraction of sp³-hybridized carbons (Fsp3) is 0.0500. The molecule has 0 atom stereocenters. The summed E-state index contributed by atoms with van der Waals surface area (Å²) in [6.07, 6.45) is 2.89. The van der Waals surface area contributed by atoms with Crippen LogP contribution < -0.4 is 15.0 Å². The zero-order valence-corrected chi connectivity index (χ0v) is 18.8. The van der Waals surface area contributed by atoms with Crippen molar-refractivity contribution in [2.45, 2.75) is 0 Å². The van der Waals surface area contributed by atoms with Crippen molar-refractivity contribution in [2.75, 3.05) is 11.5 Å². The number of ether oxygens (including phenoxy) is 1. The smallest absolute Gasteiger partial charge is 0.335 e. The van der Waals surface area contributed by atoms with E-state index in [2.05, 4.69) is 43.8 Å². The molecule has 0 unspecified atom stereocenters. The van der Waals surface area contributed by atoms with Crippen LogP contribution in [-0.4, -0.2) is 29.4 Å². The summed E-state index contributed by atoms with van der Waals surface area (Å²) in [7, 11) is 0. The third kappa shape index (κ3) is 4.72. The Labute approximate surface area is 192 Å². The molecule has 3 rings (SSSR count). The van der Waals surface area contributed by atoms with Crippen LogP contribution in [0.25, 0.3) is 6.08 Å². The van der Waals surface area contributed by atoms with Gasteiger partial charge in [-0.1, -0.05) is 18.7 Å². The zero-order valence-electron chi connectivity index (χ0n) is 15.6. The van der Waals surface area contributed by atoms with E-state index in [1.165, 1.54) is 24.3 Å². The van der Waals surface area contributed by atoms with Gasteiger partial charge in [0, 0.05) is 12.1 Å². The number of carbonyl (C=O) groups is 3. The molecule has 1 aliphatic heterocycles. The molecule has 1 saturated heterocycles. The summed E-state index contributed by atoms with van der Waals surface area (Å²) in [6, 6.07) is 7.26.